The molecular weight excluding hydrogens is 294 g/mol. The number of benzene rings is 2. The van der Waals surface area contributed by atoms with Crippen molar-refractivity contribution in [2.45, 2.75) is 13.2 Å². The van der Waals surface area contributed by atoms with Crippen LogP contribution < -0.4 is 4.74 Å². The van der Waals surface area contributed by atoms with Gasteiger partial charge in [-0.15, -0.1) is 0 Å². The molecule has 5 heteroatoms. The molecule has 0 fully saturated rings. The Kier molecular flexibility index (Phi) is 4.14. The minimum atomic E-state index is -0.133. The van der Waals surface area contributed by atoms with Crippen LogP contribution in [0.3, 0.4) is 0 Å². The van der Waals surface area contributed by atoms with Crippen molar-refractivity contribution in [3.63, 3.8) is 0 Å². The summed E-state index contributed by atoms with van der Waals surface area (Å²) < 4.78 is 5.25. The van der Waals surface area contributed by atoms with E-state index in [1.807, 2.05) is 18.2 Å². The maximum absolute atomic E-state index is 11.3. The summed E-state index contributed by atoms with van der Waals surface area (Å²) in [7, 11) is 1.58. The topological polar surface area (TPSA) is 82.6 Å². The first kappa shape index (κ1) is 15.3. The molecule has 1 aromatic heterocycles. The highest BCUT2D eigenvalue weighted by atomic mass is 16.5. The number of hydrogen-bond donors (Lipinski definition) is 3. The molecule has 0 saturated heterocycles. The number of aliphatic hydroxyl groups is 2. The van der Waals surface area contributed by atoms with Crippen molar-refractivity contribution in [3.8, 4) is 17.0 Å². The average molecular weight is 311 g/mol. The fourth-order valence-electron chi connectivity index (χ4n) is 2.73. The van der Waals surface area contributed by atoms with Crippen LogP contribution in [0, 0.1) is 0 Å². The third-order valence-electron chi connectivity index (χ3n) is 3.92. The number of aromatic amines is 1. The largest absolute Gasteiger partial charge is 0.497 e. The average Bonchev–Trinajstić information content (AvgIpc) is 3.03. The molecule has 0 aliphatic carbocycles. The molecule has 118 valence electrons. The van der Waals surface area contributed by atoms with Crippen LogP contribution in [0.25, 0.3) is 22.2 Å². The van der Waals surface area contributed by atoms with Gasteiger partial charge in [-0.25, -0.2) is 0 Å². The Morgan fingerprint density at radius 3 is 2.61 bits per heavy atom. The number of nitrogens with one attached hydrogen (secondary N) is 1. The third kappa shape index (κ3) is 2.72. The van der Waals surface area contributed by atoms with Gasteiger partial charge in [-0.05, 0) is 41.5 Å². The van der Waals surface area contributed by atoms with E-state index in [2.05, 4.69) is 4.98 Å². The van der Waals surface area contributed by atoms with E-state index in [9.17, 15) is 15.0 Å². The molecule has 0 amide bonds. The number of H-pyrrole nitrogens is 1. The van der Waals surface area contributed by atoms with Crippen LogP contribution in [0.2, 0.25) is 0 Å². The van der Waals surface area contributed by atoms with Crippen molar-refractivity contribution >= 4 is 17.2 Å². The van der Waals surface area contributed by atoms with E-state index in [1.165, 1.54) is 0 Å². The number of aldehydes is 1. The summed E-state index contributed by atoms with van der Waals surface area (Å²) in [6, 6.07) is 10.8. The van der Waals surface area contributed by atoms with Crippen LogP contribution in [0.5, 0.6) is 5.75 Å². The van der Waals surface area contributed by atoms with Gasteiger partial charge >= 0.3 is 0 Å². The fraction of sp³-hybridized carbons (Fsp3) is 0.167. The lowest BCUT2D eigenvalue weighted by atomic mass is 10.0. The van der Waals surface area contributed by atoms with Crippen molar-refractivity contribution in [1.82, 2.24) is 4.98 Å². The Morgan fingerprint density at radius 2 is 1.96 bits per heavy atom. The van der Waals surface area contributed by atoms with E-state index in [0.717, 1.165) is 34.0 Å². The monoisotopic (exact) mass is 311 g/mol. The van der Waals surface area contributed by atoms with Crippen molar-refractivity contribution in [3.05, 3.63) is 53.1 Å². The molecule has 3 aromatic rings. The maximum Gasteiger partial charge on any atom is 0.150 e. The van der Waals surface area contributed by atoms with Gasteiger partial charge in [0.25, 0.3) is 0 Å². The van der Waals surface area contributed by atoms with E-state index in [1.54, 1.807) is 25.3 Å². The Balaban J connectivity index is 2.23. The number of carbonyl (C=O) groups excluding carboxylic acids is 1. The smallest absolute Gasteiger partial charge is 0.150 e. The van der Waals surface area contributed by atoms with Gasteiger partial charge in [0.05, 0.1) is 20.3 Å². The summed E-state index contributed by atoms with van der Waals surface area (Å²) in [5, 5.41) is 19.6. The zero-order chi connectivity index (χ0) is 16.4. The molecule has 5 nitrogen and oxygen atoms in total. The van der Waals surface area contributed by atoms with E-state index in [4.69, 9.17) is 4.74 Å². The lowest BCUT2D eigenvalue weighted by Gasteiger charge is -2.08. The Morgan fingerprint density at radius 1 is 1.13 bits per heavy atom. The number of fused-ring (bicyclic) bond motifs is 1. The molecular formula is C18H17NO4. The first-order valence-corrected chi connectivity index (χ1v) is 7.20. The second-order valence-electron chi connectivity index (χ2n) is 5.29. The molecule has 23 heavy (non-hydrogen) atoms. The van der Waals surface area contributed by atoms with Crippen LogP contribution in [0.15, 0.2) is 36.4 Å². The number of methoxy groups -OCH3 is 1. The quantitative estimate of drug-likeness (QED) is 0.633. The van der Waals surface area contributed by atoms with Gasteiger partial charge < -0.3 is 19.9 Å². The van der Waals surface area contributed by atoms with Crippen molar-refractivity contribution in [2.24, 2.45) is 0 Å². The van der Waals surface area contributed by atoms with Gasteiger partial charge in [0.2, 0.25) is 0 Å². The molecule has 0 radical (unpaired) electrons. The highest BCUT2D eigenvalue weighted by Gasteiger charge is 2.12. The summed E-state index contributed by atoms with van der Waals surface area (Å²) in [6.07, 6.45) is 0.775. The fourth-order valence-corrected chi connectivity index (χ4v) is 2.73. The number of carbonyl (C=O) groups is 1. The van der Waals surface area contributed by atoms with Gasteiger partial charge in [0.15, 0.2) is 6.29 Å². The van der Waals surface area contributed by atoms with Gasteiger partial charge in [-0.1, -0.05) is 6.07 Å². The number of aromatic nitrogens is 1. The van der Waals surface area contributed by atoms with E-state index < -0.39 is 0 Å². The molecule has 0 bridgehead atoms. The zero-order valence-corrected chi connectivity index (χ0v) is 12.7. The molecule has 0 unspecified atom stereocenters. The van der Waals surface area contributed by atoms with Crippen LogP contribution in [-0.4, -0.2) is 28.6 Å². The minimum Gasteiger partial charge on any atom is -0.497 e. The number of ether oxygens (including phenoxy) is 1. The number of aliphatic hydroxyl groups excluding tert-OH is 2. The molecule has 2 aromatic carbocycles. The second-order valence-corrected chi connectivity index (χ2v) is 5.29. The van der Waals surface area contributed by atoms with Gasteiger partial charge in [-0.3, -0.25) is 4.79 Å². The lowest BCUT2D eigenvalue weighted by molar-refractivity contribution is 0.112. The molecule has 3 N–H and O–H groups in total. The molecule has 3 rings (SSSR count). The van der Waals surface area contributed by atoms with Crippen LogP contribution in [0.1, 0.15) is 21.5 Å². The molecule has 0 saturated carbocycles. The summed E-state index contributed by atoms with van der Waals surface area (Å²) >= 11 is 0. The SMILES string of the molecule is COc1ccc(CO)c(-c2cc3c(C=O)cc(CO)cc3[nH]2)c1. The molecule has 0 atom stereocenters. The van der Waals surface area contributed by atoms with Gasteiger partial charge in [0.1, 0.15) is 5.75 Å². The molecule has 1 heterocycles. The summed E-state index contributed by atoms with van der Waals surface area (Å²) in [4.78, 5) is 14.6. The van der Waals surface area contributed by atoms with E-state index in [0.29, 0.717) is 16.9 Å². The van der Waals surface area contributed by atoms with Crippen LogP contribution in [0.4, 0.5) is 0 Å². The number of hydrogen-bond acceptors (Lipinski definition) is 4. The Hall–Kier alpha value is -2.63. The van der Waals surface area contributed by atoms with Crippen LogP contribution in [-0.2, 0) is 13.2 Å². The van der Waals surface area contributed by atoms with Crippen molar-refractivity contribution < 1.29 is 19.7 Å². The molecule has 0 aliphatic heterocycles. The van der Waals surface area contributed by atoms with E-state index >= 15 is 0 Å². The molecule has 0 spiro atoms. The lowest BCUT2D eigenvalue weighted by Crippen LogP contribution is -1.91. The first-order chi connectivity index (χ1) is 11.2. The zero-order valence-electron chi connectivity index (χ0n) is 12.7. The second kappa shape index (κ2) is 6.24. The standard InChI is InChI=1S/C18H17NO4/c1-23-14-3-2-12(9-21)15(6-14)18-7-16-13(10-22)4-11(8-20)5-17(16)19-18/h2-7,10,19-21H,8-9H2,1H3. The summed E-state index contributed by atoms with van der Waals surface area (Å²) in [5.41, 5.74) is 4.29. The Labute approximate surface area is 133 Å². The van der Waals surface area contributed by atoms with Crippen LogP contribution >= 0.6 is 0 Å². The highest BCUT2D eigenvalue weighted by Crippen LogP contribution is 2.31. The van der Waals surface area contributed by atoms with Crippen molar-refractivity contribution in [1.29, 1.82) is 0 Å². The first-order valence-electron chi connectivity index (χ1n) is 7.20. The van der Waals surface area contributed by atoms with Crippen molar-refractivity contribution in [2.75, 3.05) is 7.11 Å². The summed E-state index contributed by atoms with van der Waals surface area (Å²) in [5.74, 6) is 0.683. The van der Waals surface area contributed by atoms with E-state index in [-0.39, 0.29) is 13.2 Å². The maximum atomic E-state index is 11.3. The third-order valence-corrected chi connectivity index (χ3v) is 3.92. The highest BCUT2D eigenvalue weighted by molar-refractivity contribution is 6.00. The summed E-state index contributed by atoms with van der Waals surface area (Å²) in [6.45, 7) is -0.233. The molecule has 0 aliphatic rings. The minimum absolute atomic E-state index is 0.100. The van der Waals surface area contributed by atoms with Gasteiger partial charge in [0, 0.05) is 27.7 Å². The predicted octanol–water partition coefficient (Wildman–Crippen LogP) is 2.64. The Bertz CT molecular complexity index is 867. The predicted molar refractivity (Wildman–Crippen MR) is 87.5 cm³/mol. The van der Waals surface area contributed by atoms with Gasteiger partial charge in [-0.2, -0.15) is 0 Å². The normalized spacial score (nSPS) is 10.9. The number of rotatable bonds is 5.